The summed E-state index contributed by atoms with van der Waals surface area (Å²) >= 11 is 0. The van der Waals surface area contributed by atoms with E-state index < -0.39 is 133 Å². The number of esters is 2. The summed E-state index contributed by atoms with van der Waals surface area (Å²) < 4.78 is 17.4. The van der Waals surface area contributed by atoms with Crippen LogP contribution in [0.1, 0.15) is 138 Å². The van der Waals surface area contributed by atoms with Gasteiger partial charge in [-0.25, -0.2) is 4.79 Å². The Morgan fingerprint density at radius 3 is 2.10 bits per heavy atom. The fourth-order valence-corrected chi connectivity index (χ4v) is 9.77. The van der Waals surface area contributed by atoms with E-state index in [9.17, 15) is 70.6 Å². The standard InChI is InChI=1S/C57H97N3O17/c1-34-19-15-16-23-51(70)76-54(37(4)20-14-12-10-11-13-17-26-60-56(58-8)59-9)38(5)22-18-21-36(3)53(72)40(7)46(64)29-42(75-52(71)32-50(68)69)27-41(61)28-43-30-48(66)55(73)57(74,77-43)33-49(67)35(2)24-25-44(62)39(6)47(65)31-45(34)63/h10-11,15-16,18-19,21-23,34-35,37-49,53-55,61-67,72-74H,12-14,17,20,24-33H2,1-9H3,(H,68,69)(H2,58,59,60)/b11-10+,19-15-,22-18-,23-16-,36-21-. The minimum Gasteiger partial charge on any atom is -0.481 e. The van der Waals surface area contributed by atoms with Crippen LogP contribution in [0.4, 0.5) is 0 Å². The number of carboxylic acid groups (broad SMARTS) is 1. The van der Waals surface area contributed by atoms with E-state index in [0.717, 1.165) is 44.6 Å². The summed E-state index contributed by atoms with van der Waals surface area (Å²) in [5.74, 6) is -7.90. The van der Waals surface area contributed by atoms with Gasteiger partial charge in [-0.05, 0) is 75.7 Å². The molecule has 19 atom stereocenters. The highest BCUT2D eigenvalue weighted by molar-refractivity contribution is 5.90. The minimum atomic E-state index is -2.48. The number of ether oxygens (including phenoxy) is 3. The second-order valence-corrected chi connectivity index (χ2v) is 21.8. The van der Waals surface area contributed by atoms with Crippen molar-refractivity contribution >= 4 is 23.9 Å². The summed E-state index contributed by atoms with van der Waals surface area (Å²) in [6.45, 7) is 13.0. The van der Waals surface area contributed by atoms with Gasteiger partial charge in [0.15, 0.2) is 11.7 Å². The molecule has 20 heteroatoms. The van der Waals surface area contributed by atoms with Gasteiger partial charge < -0.3 is 81.0 Å². The zero-order valence-electron chi connectivity index (χ0n) is 47.0. The Morgan fingerprint density at radius 2 is 1.45 bits per heavy atom. The van der Waals surface area contributed by atoms with Crippen molar-refractivity contribution in [3.05, 3.63) is 60.3 Å². The Kier molecular flexibility index (Phi) is 31.9. The molecule has 2 rings (SSSR count). The maximum atomic E-state index is 13.3. The van der Waals surface area contributed by atoms with Crippen LogP contribution in [0, 0.1) is 35.5 Å². The van der Waals surface area contributed by atoms with Gasteiger partial charge in [-0.3, -0.25) is 14.6 Å². The number of hydrogen-bond acceptors (Lipinski definition) is 17. The number of aliphatic carboxylic acids is 1. The van der Waals surface area contributed by atoms with Crippen molar-refractivity contribution in [1.29, 1.82) is 0 Å². The van der Waals surface area contributed by atoms with Gasteiger partial charge >= 0.3 is 17.9 Å². The molecule has 442 valence electrons. The molecule has 1 fully saturated rings. The Hall–Kier alpha value is -4.06. The molecule has 0 radical (unpaired) electrons. The van der Waals surface area contributed by atoms with Gasteiger partial charge in [0.05, 0.1) is 54.9 Å². The van der Waals surface area contributed by atoms with Crippen molar-refractivity contribution in [2.45, 2.75) is 217 Å². The molecule has 0 aromatic carbocycles. The van der Waals surface area contributed by atoms with Gasteiger partial charge in [-0.1, -0.05) is 90.2 Å². The average Bonchev–Trinajstić information content (AvgIpc) is 3.36. The molecule has 0 saturated carbocycles. The number of allylic oxidation sites excluding steroid dienone is 6. The Labute approximate surface area is 456 Å². The first-order valence-electron chi connectivity index (χ1n) is 27.6. The van der Waals surface area contributed by atoms with Gasteiger partial charge in [0.1, 0.15) is 24.7 Å². The van der Waals surface area contributed by atoms with E-state index in [4.69, 9.17) is 14.2 Å². The number of hydrogen-bond donors (Lipinski definition) is 13. The number of aliphatic imine (C=N–C) groups is 1. The first-order chi connectivity index (χ1) is 36.2. The summed E-state index contributed by atoms with van der Waals surface area (Å²) in [6.07, 6.45) is 2.60. The smallest absolute Gasteiger partial charge is 0.331 e. The van der Waals surface area contributed by atoms with E-state index in [1.54, 1.807) is 66.0 Å². The molecular weight excluding hydrogens is 999 g/mol. The van der Waals surface area contributed by atoms with Gasteiger partial charge in [0, 0.05) is 82.5 Å². The molecule has 13 N–H and O–H groups in total. The van der Waals surface area contributed by atoms with Crippen molar-refractivity contribution in [3.63, 3.8) is 0 Å². The molecule has 0 aromatic rings. The topological polar surface area (TPSA) is 338 Å². The van der Waals surface area contributed by atoms with Crippen LogP contribution >= 0.6 is 0 Å². The molecule has 2 heterocycles. The number of unbranched alkanes of at least 4 members (excludes halogenated alkanes) is 2. The Balaban J connectivity index is 2.44. The average molecular weight is 1100 g/mol. The lowest BCUT2D eigenvalue weighted by Gasteiger charge is -2.45. The zero-order valence-corrected chi connectivity index (χ0v) is 47.0. The quantitative estimate of drug-likeness (QED) is 0.0332. The highest BCUT2D eigenvalue weighted by Crippen LogP contribution is 2.36. The van der Waals surface area contributed by atoms with Gasteiger partial charge in [0.2, 0.25) is 0 Å². The fourth-order valence-electron chi connectivity index (χ4n) is 9.77. The van der Waals surface area contributed by atoms with Crippen LogP contribution in [0.25, 0.3) is 0 Å². The second-order valence-electron chi connectivity index (χ2n) is 21.8. The third-order valence-corrected chi connectivity index (χ3v) is 15.2. The molecule has 0 aliphatic carbocycles. The maximum Gasteiger partial charge on any atom is 0.331 e. The van der Waals surface area contributed by atoms with Crippen molar-refractivity contribution in [3.8, 4) is 0 Å². The van der Waals surface area contributed by atoms with Crippen LogP contribution in [0.3, 0.4) is 0 Å². The minimum absolute atomic E-state index is 0.0654. The molecule has 0 amide bonds. The number of aliphatic hydroxyl groups excluding tert-OH is 9. The second kappa shape index (κ2) is 35.5. The van der Waals surface area contributed by atoms with E-state index >= 15 is 0 Å². The number of carboxylic acids is 1. The molecule has 0 aromatic heterocycles. The lowest BCUT2D eigenvalue weighted by molar-refractivity contribution is -0.333. The normalized spacial score (nSPS) is 38.2. The van der Waals surface area contributed by atoms with Crippen LogP contribution in [0.2, 0.25) is 0 Å². The first kappa shape index (κ1) is 69.0. The van der Waals surface area contributed by atoms with Crippen molar-refractivity contribution in [2.75, 3.05) is 20.6 Å². The number of nitrogens with zero attached hydrogens (tertiary/aromatic N) is 1. The number of cyclic esters (lactones) is 1. The maximum absolute atomic E-state index is 13.3. The van der Waals surface area contributed by atoms with Crippen LogP contribution in [0.5, 0.6) is 0 Å². The van der Waals surface area contributed by atoms with E-state index in [1.807, 2.05) is 27.0 Å². The van der Waals surface area contributed by atoms with Crippen LogP contribution in [-0.4, -0.2) is 180 Å². The summed E-state index contributed by atoms with van der Waals surface area (Å²) in [4.78, 5) is 41.4. The molecule has 2 bridgehead atoms. The van der Waals surface area contributed by atoms with Crippen molar-refractivity contribution < 1.29 is 84.8 Å². The summed E-state index contributed by atoms with van der Waals surface area (Å²) in [7, 11) is 3.52. The monoisotopic (exact) mass is 1100 g/mol. The Bertz CT molecular complexity index is 1930. The number of fused-ring (bicyclic) bond motifs is 2. The predicted octanol–water partition coefficient (Wildman–Crippen LogP) is 3.49. The molecule has 20 nitrogen and oxygen atoms in total. The van der Waals surface area contributed by atoms with Gasteiger partial charge in [-0.2, -0.15) is 0 Å². The highest BCUT2D eigenvalue weighted by atomic mass is 16.7. The van der Waals surface area contributed by atoms with Crippen LogP contribution < -0.4 is 10.6 Å². The first-order valence-corrected chi connectivity index (χ1v) is 27.6. The van der Waals surface area contributed by atoms with Crippen LogP contribution in [-0.2, 0) is 28.6 Å². The number of carbonyl (C=O) groups is 3. The number of guanidine groups is 1. The third kappa shape index (κ3) is 25.3. The van der Waals surface area contributed by atoms with Crippen LogP contribution in [0.15, 0.2) is 65.2 Å². The molecule has 0 spiro atoms. The van der Waals surface area contributed by atoms with Crippen molar-refractivity contribution in [1.82, 2.24) is 10.6 Å². The SMILES string of the molecule is CN=C(NC)NCCC/C=C/CCCC(C)C1OC(=O)/C=C\C=C/C(C)C(O)CC(O)C(C)C(O)CCC(C)C(O)CC2(O)OC(CC(O)CC(OC(=O)CC(=O)O)CC(O)C(C)C(O)/C(C)=C\C=C/C1C)CC(O)C2O. The molecule has 1 saturated heterocycles. The van der Waals surface area contributed by atoms with E-state index in [1.165, 1.54) is 12.2 Å². The Morgan fingerprint density at radius 1 is 0.805 bits per heavy atom. The molecule has 2 aliphatic rings. The lowest BCUT2D eigenvalue weighted by atomic mass is 9.83. The van der Waals surface area contributed by atoms with E-state index in [-0.39, 0.29) is 56.8 Å². The van der Waals surface area contributed by atoms with E-state index in [0.29, 0.717) is 5.57 Å². The highest BCUT2D eigenvalue weighted by Gasteiger charge is 2.50. The number of aliphatic hydroxyl groups is 10. The molecular formula is C57H97N3O17. The molecule has 19 unspecified atom stereocenters. The van der Waals surface area contributed by atoms with E-state index in [2.05, 4.69) is 27.8 Å². The van der Waals surface area contributed by atoms with Crippen molar-refractivity contribution in [2.24, 2.45) is 40.5 Å². The summed E-state index contributed by atoms with van der Waals surface area (Å²) in [5, 5.41) is 127. The molecule has 77 heavy (non-hydrogen) atoms. The summed E-state index contributed by atoms with van der Waals surface area (Å²) in [5.41, 5.74) is 0.458. The summed E-state index contributed by atoms with van der Waals surface area (Å²) in [6, 6.07) is 0. The number of carbonyl (C=O) groups excluding carboxylic acids is 2. The third-order valence-electron chi connectivity index (χ3n) is 15.2. The lowest BCUT2D eigenvalue weighted by Crippen LogP contribution is -2.59. The fraction of sp³-hybridized carbons (Fsp3) is 0.754. The molecule has 2 aliphatic heterocycles. The zero-order chi connectivity index (χ0) is 58.0. The largest absolute Gasteiger partial charge is 0.481 e. The number of rotatable bonds is 12. The number of nitrogens with one attached hydrogen (secondary N) is 2. The predicted molar refractivity (Wildman–Crippen MR) is 292 cm³/mol. The van der Waals surface area contributed by atoms with Gasteiger partial charge in [0.25, 0.3) is 0 Å². The van der Waals surface area contributed by atoms with Gasteiger partial charge in [-0.15, -0.1) is 0 Å².